The van der Waals surface area contributed by atoms with E-state index >= 15 is 0 Å². The minimum absolute atomic E-state index is 0.122. The number of hydrogen-bond donors (Lipinski definition) is 1. The first-order chi connectivity index (χ1) is 8.93. The van der Waals surface area contributed by atoms with E-state index < -0.39 is 18.2 Å². The normalized spacial score (nSPS) is 26.8. The second-order valence-corrected chi connectivity index (χ2v) is 5.21. The van der Waals surface area contributed by atoms with Crippen molar-refractivity contribution in [2.45, 2.75) is 45.3 Å². The van der Waals surface area contributed by atoms with Gasteiger partial charge in [0.1, 0.15) is 6.10 Å². The van der Waals surface area contributed by atoms with Gasteiger partial charge in [0.15, 0.2) is 0 Å². The summed E-state index contributed by atoms with van der Waals surface area (Å²) in [6.45, 7) is 7.19. The average molecular weight is 270 g/mol. The second kappa shape index (κ2) is 7.28. The van der Waals surface area contributed by atoms with Crippen molar-refractivity contribution in [3.63, 3.8) is 0 Å². The van der Waals surface area contributed by atoms with E-state index in [0.29, 0.717) is 19.4 Å². The van der Waals surface area contributed by atoms with E-state index in [1.54, 1.807) is 13.8 Å². The predicted molar refractivity (Wildman–Crippen MR) is 69.2 cm³/mol. The van der Waals surface area contributed by atoms with Gasteiger partial charge in [0.05, 0.1) is 18.6 Å². The summed E-state index contributed by atoms with van der Waals surface area (Å²) in [5.41, 5.74) is 0. The Morgan fingerprint density at radius 3 is 2.63 bits per heavy atom. The molecule has 1 N–H and O–H groups in total. The average Bonchev–Trinajstić information content (AvgIpc) is 2.38. The zero-order valence-electron chi connectivity index (χ0n) is 11.5. The molecule has 3 atom stereocenters. The highest BCUT2D eigenvalue weighted by molar-refractivity contribution is 5.81. The molecule has 1 aliphatic rings. The Labute approximate surface area is 113 Å². The van der Waals surface area contributed by atoms with Crippen LogP contribution < -0.4 is 0 Å². The van der Waals surface area contributed by atoms with Crippen LogP contribution in [0.4, 0.5) is 0 Å². The number of aliphatic hydroxyl groups excluding tert-OH is 1. The summed E-state index contributed by atoms with van der Waals surface area (Å²) in [7, 11) is 0. The highest BCUT2D eigenvalue weighted by atomic mass is 16.6. The number of aliphatic hydroxyl groups is 1. The summed E-state index contributed by atoms with van der Waals surface area (Å²) in [6, 6.07) is 0. The highest BCUT2D eigenvalue weighted by Crippen LogP contribution is 2.27. The van der Waals surface area contributed by atoms with Gasteiger partial charge in [-0.05, 0) is 25.2 Å². The topological polar surface area (TPSA) is 72.8 Å². The molecule has 19 heavy (non-hydrogen) atoms. The lowest BCUT2D eigenvalue weighted by molar-refractivity contribution is -0.155. The van der Waals surface area contributed by atoms with E-state index in [9.17, 15) is 14.7 Å². The lowest BCUT2D eigenvalue weighted by atomic mass is 9.86. The van der Waals surface area contributed by atoms with Crippen molar-refractivity contribution in [2.75, 3.05) is 6.61 Å². The zero-order valence-corrected chi connectivity index (χ0v) is 11.5. The van der Waals surface area contributed by atoms with Crippen molar-refractivity contribution in [2.24, 2.45) is 11.8 Å². The third kappa shape index (κ3) is 5.03. The largest absolute Gasteiger partial charge is 0.465 e. The van der Waals surface area contributed by atoms with E-state index in [1.807, 2.05) is 0 Å². The molecule has 0 saturated heterocycles. The van der Waals surface area contributed by atoms with E-state index in [4.69, 9.17) is 9.47 Å². The number of rotatable bonds is 5. The SMILES string of the molecule is C=CC(=O)OC1CCC(COC(=O)C(C)C)CC1O. The summed E-state index contributed by atoms with van der Waals surface area (Å²) in [6.07, 6.45) is 1.70. The number of esters is 2. The molecule has 0 aliphatic heterocycles. The summed E-state index contributed by atoms with van der Waals surface area (Å²) < 4.78 is 10.2. The molecule has 0 bridgehead atoms. The fourth-order valence-electron chi connectivity index (χ4n) is 2.06. The van der Waals surface area contributed by atoms with Gasteiger partial charge in [0.25, 0.3) is 0 Å². The molecule has 0 heterocycles. The van der Waals surface area contributed by atoms with Crippen LogP contribution in [0.1, 0.15) is 33.1 Å². The van der Waals surface area contributed by atoms with Crippen LogP contribution >= 0.6 is 0 Å². The molecule has 0 radical (unpaired) electrons. The molecular formula is C14H22O5. The Balaban J connectivity index is 2.35. The minimum Gasteiger partial charge on any atom is -0.465 e. The molecule has 0 aromatic heterocycles. The maximum Gasteiger partial charge on any atom is 0.330 e. The van der Waals surface area contributed by atoms with Crippen LogP contribution in [0.5, 0.6) is 0 Å². The van der Waals surface area contributed by atoms with Gasteiger partial charge in [-0.1, -0.05) is 20.4 Å². The molecule has 108 valence electrons. The Morgan fingerprint density at radius 2 is 2.11 bits per heavy atom. The van der Waals surface area contributed by atoms with Crippen LogP contribution in [0.2, 0.25) is 0 Å². The van der Waals surface area contributed by atoms with Gasteiger partial charge in [0, 0.05) is 6.08 Å². The second-order valence-electron chi connectivity index (χ2n) is 5.21. The fraction of sp³-hybridized carbons (Fsp3) is 0.714. The van der Waals surface area contributed by atoms with Crippen molar-refractivity contribution in [3.05, 3.63) is 12.7 Å². The molecule has 3 unspecified atom stereocenters. The van der Waals surface area contributed by atoms with Crippen molar-refractivity contribution in [1.29, 1.82) is 0 Å². The van der Waals surface area contributed by atoms with Gasteiger partial charge in [-0.25, -0.2) is 4.79 Å². The monoisotopic (exact) mass is 270 g/mol. The van der Waals surface area contributed by atoms with Gasteiger partial charge >= 0.3 is 11.9 Å². The number of ether oxygens (including phenoxy) is 2. The Bertz CT molecular complexity index is 337. The molecule has 1 rings (SSSR count). The Morgan fingerprint density at radius 1 is 1.42 bits per heavy atom. The minimum atomic E-state index is -0.708. The zero-order chi connectivity index (χ0) is 14.4. The first kappa shape index (κ1) is 15.7. The quantitative estimate of drug-likeness (QED) is 0.604. The lowest BCUT2D eigenvalue weighted by Gasteiger charge is -2.32. The number of carbonyl (C=O) groups is 2. The van der Waals surface area contributed by atoms with Crippen molar-refractivity contribution >= 4 is 11.9 Å². The molecule has 1 fully saturated rings. The van der Waals surface area contributed by atoms with E-state index in [2.05, 4.69) is 6.58 Å². The first-order valence-corrected chi connectivity index (χ1v) is 6.61. The smallest absolute Gasteiger partial charge is 0.330 e. The molecule has 5 nitrogen and oxygen atoms in total. The highest BCUT2D eigenvalue weighted by Gasteiger charge is 2.32. The van der Waals surface area contributed by atoms with Crippen LogP contribution in [0, 0.1) is 11.8 Å². The van der Waals surface area contributed by atoms with Gasteiger partial charge in [0.2, 0.25) is 0 Å². The maximum absolute atomic E-state index is 11.4. The molecule has 0 aromatic rings. The van der Waals surface area contributed by atoms with Gasteiger partial charge in [-0.2, -0.15) is 0 Å². The molecule has 0 aromatic carbocycles. The van der Waals surface area contributed by atoms with Crippen LogP contribution in [0.25, 0.3) is 0 Å². The lowest BCUT2D eigenvalue weighted by Crippen LogP contribution is -2.38. The van der Waals surface area contributed by atoms with Crippen LogP contribution in [-0.4, -0.2) is 35.9 Å². The molecule has 1 saturated carbocycles. The molecule has 0 spiro atoms. The number of carbonyl (C=O) groups excluding carboxylic acids is 2. The van der Waals surface area contributed by atoms with Gasteiger partial charge < -0.3 is 14.6 Å². The predicted octanol–water partition coefficient (Wildman–Crippen LogP) is 1.44. The molecule has 1 aliphatic carbocycles. The summed E-state index contributed by atoms with van der Waals surface area (Å²) >= 11 is 0. The van der Waals surface area contributed by atoms with Crippen LogP contribution in [0.3, 0.4) is 0 Å². The third-order valence-corrected chi connectivity index (χ3v) is 3.23. The van der Waals surface area contributed by atoms with Crippen molar-refractivity contribution in [1.82, 2.24) is 0 Å². The van der Waals surface area contributed by atoms with Crippen LogP contribution in [-0.2, 0) is 19.1 Å². The van der Waals surface area contributed by atoms with Crippen LogP contribution in [0.15, 0.2) is 12.7 Å². The third-order valence-electron chi connectivity index (χ3n) is 3.23. The van der Waals surface area contributed by atoms with E-state index in [0.717, 1.165) is 12.5 Å². The van der Waals surface area contributed by atoms with E-state index in [1.165, 1.54) is 0 Å². The summed E-state index contributed by atoms with van der Waals surface area (Å²) in [5, 5.41) is 9.91. The van der Waals surface area contributed by atoms with Crippen molar-refractivity contribution < 1.29 is 24.2 Å². The van der Waals surface area contributed by atoms with Gasteiger partial charge in [-0.15, -0.1) is 0 Å². The Hall–Kier alpha value is -1.36. The fourth-order valence-corrected chi connectivity index (χ4v) is 2.06. The molecule has 0 amide bonds. The summed E-state index contributed by atoms with van der Waals surface area (Å²) in [4.78, 5) is 22.4. The first-order valence-electron chi connectivity index (χ1n) is 6.61. The Kier molecular flexibility index (Phi) is 6.02. The van der Waals surface area contributed by atoms with E-state index in [-0.39, 0.29) is 17.8 Å². The number of hydrogen-bond acceptors (Lipinski definition) is 5. The standard InChI is InChI=1S/C14H22O5/c1-4-13(16)19-12-6-5-10(7-11(12)15)8-18-14(17)9(2)3/h4,9-12,15H,1,5-8H2,2-3H3. The van der Waals surface area contributed by atoms with Crippen molar-refractivity contribution in [3.8, 4) is 0 Å². The molecular weight excluding hydrogens is 248 g/mol. The maximum atomic E-state index is 11.4. The summed E-state index contributed by atoms with van der Waals surface area (Å²) in [5.74, 6) is -0.769. The molecule has 5 heteroatoms. The van der Waals surface area contributed by atoms with Gasteiger partial charge in [-0.3, -0.25) is 4.79 Å².